The third-order valence-electron chi connectivity index (χ3n) is 3.77. The van der Waals surface area contributed by atoms with Crippen LogP contribution in [0.5, 0.6) is 0 Å². The number of nitrogens with one attached hydrogen (secondary N) is 1. The van der Waals surface area contributed by atoms with E-state index in [4.69, 9.17) is 11.6 Å². The van der Waals surface area contributed by atoms with E-state index in [0.29, 0.717) is 22.7 Å². The molecule has 0 heterocycles. The van der Waals surface area contributed by atoms with Crippen molar-refractivity contribution < 1.29 is 4.39 Å². The van der Waals surface area contributed by atoms with Crippen LogP contribution < -0.4 is 5.32 Å². The summed E-state index contributed by atoms with van der Waals surface area (Å²) in [6, 6.07) is 13.1. The molecular formula is C16H14BrClFN. The molecule has 4 heteroatoms. The van der Waals surface area contributed by atoms with Crippen molar-refractivity contribution in [3.8, 4) is 0 Å². The highest BCUT2D eigenvalue weighted by molar-refractivity contribution is 9.10. The van der Waals surface area contributed by atoms with Gasteiger partial charge in [0.15, 0.2) is 0 Å². The average Bonchev–Trinajstić information content (AvgIpc) is 2.38. The van der Waals surface area contributed by atoms with E-state index >= 15 is 0 Å². The van der Waals surface area contributed by atoms with Gasteiger partial charge in [0, 0.05) is 10.5 Å². The molecule has 3 rings (SSSR count). The van der Waals surface area contributed by atoms with Gasteiger partial charge in [-0.05, 0) is 48.6 Å². The zero-order valence-corrected chi connectivity index (χ0v) is 13.1. The fourth-order valence-electron chi connectivity index (χ4n) is 2.62. The standard InChI is InChI=1S/C16H14BrClFN/c17-14-4-2-1-3-13(14)10-7-12(8-10)20-16-9-11(19)5-6-15(16)18/h1-6,9-10,12,20H,7-8H2. The Morgan fingerprint density at radius 2 is 1.90 bits per heavy atom. The SMILES string of the molecule is Fc1ccc(Cl)c(NC2CC(c3ccccc3Br)C2)c1. The normalized spacial score (nSPS) is 21.4. The second-order valence-corrected chi connectivity index (χ2v) is 6.42. The molecule has 0 aliphatic heterocycles. The predicted octanol–water partition coefficient (Wildman–Crippen LogP) is 5.60. The predicted molar refractivity (Wildman–Crippen MR) is 84.9 cm³/mol. The molecule has 0 amide bonds. The van der Waals surface area contributed by atoms with E-state index in [1.54, 1.807) is 6.07 Å². The van der Waals surface area contributed by atoms with Gasteiger partial charge >= 0.3 is 0 Å². The van der Waals surface area contributed by atoms with Gasteiger partial charge in [-0.15, -0.1) is 0 Å². The Balaban J connectivity index is 1.64. The first-order chi connectivity index (χ1) is 9.63. The third-order valence-corrected chi connectivity index (χ3v) is 4.82. The number of benzene rings is 2. The number of hydrogen-bond acceptors (Lipinski definition) is 1. The summed E-state index contributed by atoms with van der Waals surface area (Å²) in [4.78, 5) is 0. The van der Waals surface area contributed by atoms with Gasteiger partial charge in [0.2, 0.25) is 0 Å². The van der Waals surface area contributed by atoms with Crippen LogP contribution in [0, 0.1) is 5.82 Å². The molecule has 0 bridgehead atoms. The maximum Gasteiger partial charge on any atom is 0.125 e. The van der Waals surface area contributed by atoms with Crippen molar-refractivity contribution >= 4 is 33.2 Å². The molecule has 104 valence electrons. The summed E-state index contributed by atoms with van der Waals surface area (Å²) in [6.07, 6.45) is 2.07. The smallest absolute Gasteiger partial charge is 0.125 e. The first-order valence-corrected chi connectivity index (χ1v) is 7.76. The molecule has 0 saturated heterocycles. The van der Waals surface area contributed by atoms with Gasteiger partial charge in [0.1, 0.15) is 5.82 Å². The van der Waals surface area contributed by atoms with Crippen molar-refractivity contribution in [2.75, 3.05) is 5.32 Å². The fourth-order valence-corrected chi connectivity index (χ4v) is 3.40. The Bertz CT molecular complexity index is 626. The molecule has 20 heavy (non-hydrogen) atoms. The molecule has 0 radical (unpaired) electrons. The van der Waals surface area contributed by atoms with Crippen LogP contribution in [0.3, 0.4) is 0 Å². The van der Waals surface area contributed by atoms with E-state index in [-0.39, 0.29) is 5.82 Å². The fraction of sp³-hybridized carbons (Fsp3) is 0.250. The highest BCUT2D eigenvalue weighted by Crippen LogP contribution is 2.41. The van der Waals surface area contributed by atoms with Gasteiger partial charge in [-0.25, -0.2) is 4.39 Å². The van der Waals surface area contributed by atoms with Crippen molar-refractivity contribution in [3.63, 3.8) is 0 Å². The van der Waals surface area contributed by atoms with E-state index in [0.717, 1.165) is 17.3 Å². The van der Waals surface area contributed by atoms with Gasteiger partial charge in [-0.1, -0.05) is 45.7 Å². The van der Waals surface area contributed by atoms with Crippen molar-refractivity contribution in [1.82, 2.24) is 0 Å². The van der Waals surface area contributed by atoms with Crippen LogP contribution in [-0.2, 0) is 0 Å². The summed E-state index contributed by atoms with van der Waals surface area (Å²) in [5, 5.41) is 3.88. The Morgan fingerprint density at radius 3 is 2.65 bits per heavy atom. The molecule has 1 N–H and O–H groups in total. The Labute approximate surface area is 131 Å². The minimum absolute atomic E-state index is 0.265. The van der Waals surface area contributed by atoms with Crippen LogP contribution in [-0.4, -0.2) is 6.04 Å². The second-order valence-electron chi connectivity index (χ2n) is 5.16. The summed E-state index contributed by atoms with van der Waals surface area (Å²) < 4.78 is 14.4. The first-order valence-electron chi connectivity index (χ1n) is 6.59. The molecule has 2 aromatic carbocycles. The van der Waals surface area contributed by atoms with E-state index in [2.05, 4.69) is 39.4 Å². The van der Waals surface area contributed by atoms with Gasteiger partial charge in [0.25, 0.3) is 0 Å². The molecule has 0 atom stereocenters. The summed E-state index contributed by atoms with van der Waals surface area (Å²) in [5.41, 5.74) is 2.03. The zero-order chi connectivity index (χ0) is 14.1. The molecule has 1 saturated carbocycles. The Hall–Kier alpha value is -1.06. The third kappa shape index (κ3) is 2.84. The number of hydrogen-bond donors (Lipinski definition) is 1. The molecule has 0 spiro atoms. The molecule has 0 aromatic heterocycles. The molecular weight excluding hydrogens is 341 g/mol. The molecule has 1 aliphatic rings. The molecule has 1 aliphatic carbocycles. The first kappa shape index (κ1) is 13.9. The number of anilines is 1. The second kappa shape index (κ2) is 5.74. The molecule has 1 fully saturated rings. The average molecular weight is 355 g/mol. The highest BCUT2D eigenvalue weighted by atomic mass is 79.9. The lowest BCUT2D eigenvalue weighted by atomic mass is 9.76. The monoisotopic (exact) mass is 353 g/mol. The minimum Gasteiger partial charge on any atom is -0.381 e. The van der Waals surface area contributed by atoms with E-state index in [1.165, 1.54) is 17.7 Å². The summed E-state index contributed by atoms with van der Waals surface area (Å²) in [7, 11) is 0. The summed E-state index contributed by atoms with van der Waals surface area (Å²) in [5.74, 6) is 0.286. The van der Waals surface area contributed by atoms with E-state index in [9.17, 15) is 4.39 Å². The van der Waals surface area contributed by atoms with Gasteiger partial charge in [0.05, 0.1) is 10.7 Å². The quantitative estimate of drug-likeness (QED) is 0.756. The van der Waals surface area contributed by atoms with Crippen LogP contribution in [0.1, 0.15) is 24.3 Å². The van der Waals surface area contributed by atoms with Gasteiger partial charge in [-0.2, -0.15) is 0 Å². The van der Waals surface area contributed by atoms with E-state index in [1.807, 2.05) is 6.07 Å². The molecule has 1 nitrogen and oxygen atoms in total. The largest absolute Gasteiger partial charge is 0.381 e. The summed E-state index contributed by atoms with van der Waals surface area (Å²) >= 11 is 9.65. The van der Waals surface area contributed by atoms with Crippen molar-refractivity contribution in [2.24, 2.45) is 0 Å². The van der Waals surface area contributed by atoms with Crippen molar-refractivity contribution in [2.45, 2.75) is 24.8 Å². The lowest BCUT2D eigenvalue weighted by molar-refractivity contribution is 0.373. The van der Waals surface area contributed by atoms with Crippen LogP contribution in [0.15, 0.2) is 46.9 Å². The van der Waals surface area contributed by atoms with Crippen LogP contribution in [0.4, 0.5) is 10.1 Å². The maximum absolute atomic E-state index is 13.2. The van der Waals surface area contributed by atoms with Crippen molar-refractivity contribution in [1.29, 1.82) is 0 Å². The molecule has 2 aromatic rings. The number of rotatable bonds is 3. The summed E-state index contributed by atoms with van der Waals surface area (Å²) in [6.45, 7) is 0. The van der Waals surface area contributed by atoms with Gasteiger partial charge < -0.3 is 5.32 Å². The van der Waals surface area contributed by atoms with Crippen molar-refractivity contribution in [3.05, 3.63) is 63.3 Å². The van der Waals surface area contributed by atoms with E-state index < -0.39 is 0 Å². The van der Waals surface area contributed by atoms with Crippen LogP contribution >= 0.6 is 27.5 Å². The topological polar surface area (TPSA) is 12.0 Å². The maximum atomic E-state index is 13.2. The number of halogens is 3. The highest BCUT2D eigenvalue weighted by Gasteiger charge is 2.31. The minimum atomic E-state index is -0.265. The lowest BCUT2D eigenvalue weighted by Crippen LogP contribution is -2.34. The zero-order valence-electron chi connectivity index (χ0n) is 10.7. The lowest BCUT2D eigenvalue weighted by Gasteiger charge is -2.37. The van der Waals surface area contributed by atoms with Gasteiger partial charge in [-0.3, -0.25) is 0 Å². The van der Waals surface area contributed by atoms with Crippen LogP contribution in [0.25, 0.3) is 0 Å². The van der Waals surface area contributed by atoms with Crippen LogP contribution in [0.2, 0.25) is 5.02 Å². The Kier molecular flexibility index (Phi) is 3.99. The molecule has 0 unspecified atom stereocenters. The Morgan fingerprint density at radius 1 is 1.15 bits per heavy atom.